The SMILES string of the molecule is Cc1cn(C)c2cc(NC=C(C#N)C#N)ccc12. The smallest absolute Gasteiger partial charge is 0.145 e. The van der Waals surface area contributed by atoms with Crippen molar-refractivity contribution in [2.75, 3.05) is 5.32 Å². The first-order chi connectivity index (χ1) is 8.65. The van der Waals surface area contributed by atoms with Crippen molar-refractivity contribution < 1.29 is 0 Å². The number of allylic oxidation sites excluding steroid dienone is 1. The van der Waals surface area contributed by atoms with Gasteiger partial charge in [0.1, 0.15) is 17.7 Å². The average molecular weight is 236 g/mol. The van der Waals surface area contributed by atoms with Crippen LogP contribution in [0.5, 0.6) is 0 Å². The molecule has 0 atom stereocenters. The Kier molecular flexibility index (Phi) is 3.03. The van der Waals surface area contributed by atoms with E-state index in [4.69, 9.17) is 10.5 Å². The number of hydrogen-bond donors (Lipinski definition) is 1. The zero-order valence-corrected chi connectivity index (χ0v) is 10.2. The van der Waals surface area contributed by atoms with Gasteiger partial charge in [-0.25, -0.2) is 0 Å². The average Bonchev–Trinajstić information content (AvgIpc) is 2.66. The van der Waals surface area contributed by atoms with Gasteiger partial charge in [-0.15, -0.1) is 0 Å². The van der Waals surface area contributed by atoms with Crippen molar-refractivity contribution >= 4 is 16.6 Å². The third-order valence-electron chi connectivity index (χ3n) is 2.81. The molecule has 0 radical (unpaired) electrons. The van der Waals surface area contributed by atoms with Crippen LogP contribution in [0.4, 0.5) is 5.69 Å². The second-order valence-corrected chi connectivity index (χ2v) is 4.08. The van der Waals surface area contributed by atoms with E-state index in [1.807, 2.05) is 25.2 Å². The minimum Gasteiger partial charge on any atom is -0.360 e. The van der Waals surface area contributed by atoms with Crippen LogP contribution in [0.15, 0.2) is 36.2 Å². The van der Waals surface area contributed by atoms with E-state index in [0.717, 1.165) is 11.2 Å². The van der Waals surface area contributed by atoms with Crippen molar-refractivity contribution in [3.8, 4) is 12.1 Å². The Balaban J connectivity index is 2.38. The van der Waals surface area contributed by atoms with E-state index >= 15 is 0 Å². The molecule has 0 spiro atoms. The minimum absolute atomic E-state index is 0.0539. The molecule has 0 aliphatic carbocycles. The van der Waals surface area contributed by atoms with Gasteiger partial charge in [-0.2, -0.15) is 10.5 Å². The zero-order chi connectivity index (χ0) is 13.1. The molecule has 1 N–H and O–H groups in total. The minimum atomic E-state index is 0.0539. The summed E-state index contributed by atoms with van der Waals surface area (Å²) in [7, 11) is 1.99. The highest BCUT2D eigenvalue weighted by Gasteiger charge is 2.03. The summed E-state index contributed by atoms with van der Waals surface area (Å²) in [6, 6.07) is 9.56. The number of rotatable bonds is 2. The molecule has 2 rings (SSSR count). The van der Waals surface area contributed by atoms with Crippen LogP contribution in [0.25, 0.3) is 10.9 Å². The number of hydrogen-bond acceptors (Lipinski definition) is 3. The normalized spacial score (nSPS) is 9.56. The van der Waals surface area contributed by atoms with Gasteiger partial charge < -0.3 is 9.88 Å². The second kappa shape index (κ2) is 4.65. The van der Waals surface area contributed by atoms with Crippen LogP contribution in [-0.2, 0) is 7.05 Å². The number of nitrogens with zero attached hydrogens (tertiary/aromatic N) is 3. The summed E-state index contributed by atoms with van der Waals surface area (Å²) in [5.74, 6) is 0. The summed E-state index contributed by atoms with van der Waals surface area (Å²) < 4.78 is 2.05. The fraction of sp³-hybridized carbons (Fsp3) is 0.143. The van der Waals surface area contributed by atoms with E-state index in [1.54, 1.807) is 12.1 Å². The Labute approximate surface area is 105 Å². The largest absolute Gasteiger partial charge is 0.360 e. The maximum Gasteiger partial charge on any atom is 0.145 e. The van der Waals surface area contributed by atoms with E-state index < -0.39 is 0 Å². The maximum atomic E-state index is 8.64. The van der Waals surface area contributed by atoms with Crippen molar-refractivity contribution in [1.29, 1.82) is 10.5 Å². The lowest BCUT2D eigenvalue weighted by Crippen LogP contribution is -1.91. The maximum absolute atomic E-state index is 8.64. The topological polar surface area (TPSA) is 64.5 Å². The van der Waals surface area contributed by atoms with Gasteiger partial charge in [0.05, 0.1) is 5.52 Å². The van der Waals surface area contributed by atoms with Gasteiger partial charge in [0.15, 0.2) is 0 Å². The van der Waals surface area contributed by atoms with Crippen LogP contribution in [0, 0.1) is 29.6 Å². The molecule has 1 aromatic heterocycles. The lowest BCUT2D eigenvalue weighted by molar-refractivity contribution is 0.964. The molecule has 1 heterocycles. The van der Waals surface area contributed by atoms with Crippen LogP contribution < -0.4 is 5.32 Å². The molecule has 0 unspecified atom stereocenters. The van der Waals surface area contributed by atoms with Crippen LogP contribution in [0.1, 0.15) is 5.56 Å². The zero-order valence-electron chi connectivity index (χ0n) is 10.2. The van der Waals surface area contributed by atoms with Crippen molar-refractivity contribution in [1.82, 2.24) is 4.57 Å². The van der Waals surface area contributed by atoms with Gasteiger partial charge in [0.25, 0.3) is 0 Å². The molecule has 0 aliphatic heterocycles. The third-order valence-corrected chi connectivity index (χ3v) is 2.81. The van der Waals surface area contributed by atoms with Gasteiger partial charge >= 0.3 is 0 Å². The van der Waals surface area contributed by atoms with E-state index in [-0.39, 0.29) is 5.57 Å². The second-order valence-electron chi connectivity index (χ2n) is 4.08. The molecule has 2 aromatic rings. The van der Waals surface area contributed by atoms with Crippen molar-refractivity contribution in [3.05, 3.63) is 41.7 Å². The number of fused-ring (bicyclic) bond motifs is 1. The molecule has 0 fully saturated rings. The molecule has 4 heteroatoms. The Morgan fingerprint density at radius 3 is 2.72 bits per heavy atom. The molecule has 0 saturated heterocycles. The molecule has 1 aromatic carbocycles. The van der Waals surface area contributed by atoms with Crippen LogP contribution in [0.2, 0.25) is 0 Å². The molecule has 88 valence electrons. The van der Waals surface area contributed by atoms with Crippen LogP contribution in [0.3, 0.4) is 0 Å². The van der Waals surface area contributed by atoms with Gasteiger partial charge in [0.2, 0.25) is 0 Å². The first-order valence-electron chi connectivity index (χ1n) is 5.48. The number of benzene rings is 1. The number of aryl methyl sites for hydroxylation is 2. The first kappa shape index (κ1) is 11.8. The van der Waals surface area contributed by atoms with Crippen molar-refractivity contribution in [3.63, 3.8) is 0 Å². The van der Waals surface area contributed by atoms with Gasteiger partial charge in [-0.05, 0) is 24.6 Å². The highest BCUT2D eigenvalue weighted by molar-refractivity contribution is 5.86. The van der Waals surface area contributed by atoms with E-state index in [2.05, 4.69) is 23.0 Å². The first-order valence-corrected chi connectivity index (χ1v) is 5.48. The predicted molar refractivity (Wildman–Crippen MR) is 70.6 cm³/mol. The molecule has 18 heavy (non-hydrogen) atoms. The number of nitrogens with one attached hydrogen (secondary N) is 1. The number of nitriles is 2. The number of anilines is 1. The summed E-state index contributed by atoms with van der Waals surface area (Å²) in [5.41, 5.74) is 3.25. The molecular formula is C14H12N4. The number of aromatic nitrogens is 1. The summed E-state index contributed by atoms with van der Waals surface area (Å²) in [4.78, 5) is 0. The lowest BCUT2D eigenvalue weighted by Gasteiger charge is -2.02. The Morgan fingerprint density at radius 1 is 1.33 bits per heavy atom. The van der Waals surface area contributed by atoms with Gasteiger partial charge in [-0.1, -0.05) is 6.07 Å². The van der Waals surface area contributed by atoms with E-state index in [1.165, 1.54) is 17.1 Å². The summed E-state index contributed by atoms with van der Waals surface area (Å²) >= 11 is 0. The van der Waals surface area contributed by atoms with Crippen molar-refractivity contribution in [2.45, 2.75) is 6.92 Å². The van der Waals surface area contributed by atoms with Gasteiger partial charge in [0, 0.05) is 30.5 Å². The fourth-order valence-electron chi connectivity index (χ4n) is 1.92. The predicted octanol–water partition coefficient (Wildman–Crippen LogP) is 2.83. The monoisotopic (exact) mass is 236 g/mol. The Hall–Kier alpha value is -2.72. The Morgan fingerprint density at radius 2 is 2.06 bits per heavy atom. The van der Waals surface area contributed by atoms with Crippen LogP contribution in [-0.4, -0.2) is 4.57 Å². The highest BCUT2D eigenvalue weighted by Crippen LogP contribution is 2.23. The molecule has 0 amide bonds. The summed E-state index contributed by atoms with van der Waals surface area (Å²) in [6.07, 6.45) is 3.48. The standard InChI is InChI=1S/C14H12N4/c1-10-9-18(2)14-5-12(3-4-13(10)14)17-8-11(6-15)7-16/h3-5,8-9,17H,1-2H3. The van der Waals surface area contributed by atoms with E-state index in [0.29, 0.717) is 0 Å². The van der Waals surface area contributed by atoms with Gasteiger partial charge in [-0.3, -0.25) is 0 Å². The molecule has 0 bridgehead atoms. The molecule has 4 nitrogen and oxygen atoms in total. The summed E-state index contributed by atoms with van der Waals surface area (Å²) in [5, 5.41) is 21.4. The lowest BCUT2D eigenvalue weighted by atomic mass is 10.2. The fourth-order valence-corrected chi connectivity index (χ4v) is 1.92. The quantitative estimate of drug-likeness (QED) is 0.815. The Bertz CT molecular complexity index is 692. The molecular weight excluding hydrogens is 224 g/mol. The van der Waals surface area contributed by atoms with Crippen LogP contribution >= 0.6 is 0 Å². The highest BCUT2D eigenvalue weighted by atomic mass is 14.9. The molecule has 0 aliphatic rings. The third kappa shape index (κ3) is 2.05. The van der Waals surface area contributed by atoms with Crippen molar-refractivity contribution in [2.24, 2.45) is 7.05 Å². The van der Waals surface area contributed by atoms with E-state index in [9.17, 15) is 0 Å². The summed E-state index contributed by atoms with van der Waals surface area (Å²) in [6.45, 7) is 2.07. The molecule has 0 saturated carbocycles.